The van der Waals surface area contributed by atoms with Crippen molar-refractivity contribution >= 4 is 11.8 Å². The van der Waals surface area contributed by atoms with E-state index in [1.165, 1.54) is 0 Å². The van der Waals surface area contributed by atoms with Crippen LogP contribution in [0.3, 0.4) is 0 Å². The summed E-state index contributed by atoms with van der Waals surface area (Å²) >= 11 is 1.86. The molecule has 0 radical (unpaired) electrons. The van der Waals surface area contributed by atoms with E-state index in [4.69, 9.17) is 9.26 Å². The predicted molar refractivity (Wildman–Crippen MR) is 78.4 cm³/mol. The van der Waals surface area contributed by atoms with Crippen molar-refractivity contribution in [3.8, 4) is 0 Å². The molecular weight excluding hydrogens is 262 g/mol. The maximum absolute atomic E-state index is 5.28. The van der Waals surface area contributed by atoms with Crippen molar-refractivity contribution in [1.82, 2.24) is 15.5 Å². The molecule has 2 atom stereocenters. The molecule has 0 spiro atoms. The first-order valence-corrected chi connectivity index (χ1v) is 7.89. The van der Waals surface area contributed by atoms with Crippen LogP contribution >= 0.6 is 11.8 Å². The molecule has 0 bridgehead atoms. The SMILES string of the molecule is CCNC(COC)Cc1nc(CSC(C)CC)no1. The second kappa shape index (κ2) is 9.34. The van der Waals surface area contributed by atoms with Gasteiger partial charge in [-0.1, -0.05) is 25.9 Å². The molecule has 1 heterocycles. The lowest BCUT2D eigenvalue weighted by atomic mass is 10.2. The fourth-order valence-electron chi connectivity index (χ4n) is 1.66. The largest absolute Gasteiger partial charge is 0.383 e. The van der Waals surface area contributed by atoms with E-state index in [0.717, 1.165) is 24.5 Å². The minimum absolute atomic E-state index is 0.227. The molecule has 6 heteroatoms. The molecule has 1 aromatic rings. The Kier molecular flexibility index (Phi) is 8.09. The first kappa shape index (κ1) is 16.5. The van der Waals surface area contributed by atoms with Crippen LogP contribution in [0.1, 0.15) is 38.9 Å². The third-order valence-electron chi connectivity index (χ3n) is 2.86. The van der Waals surface area contributed by atoms with Crippen LogP contribution in [0.25, 0.3) is 0 Å². The molecule has 1 N–H and O–H groups in total. The number of ether oxygens (including phenoxy) is 1. The van der Waals surface area contributed by atoms with Gasteiger partial charge in [0.25, 0.3) is 0 Å². The van der Waals surface area contributed by atoms with Crippen molar-refractivity contribution in [1.29, 1.82) is 0 Å². The molecule has 5 nitrogen and oxygen atoms in total. The zero-order valence-corrected chi connectivity index (χ0v) is 13.1. The Labute approximate surface area is 119 Å². The first-order valence-electron chi connectivity index (χ1n) is 6.84. The van der Waals surface area contributed by atoms with Crippen molar-refractivity contribution in [3.05, 3.63) is 11.7 Å². The van der Waals surface area contributed by atoms with E-state index in [1.807, 2.05) is 11.8 Å². The van der Waals surface area contributed by atoms with Crippen LogP contribution in [0.2, 0.25) is 0 Å². The lowest BCUT2D eigenvalue weighted by molar-refractivity contribution is 0.162. The van der Waals surface area contributed by atoms with Crippen molar-refractivity contribution < 1.29 is 9.26 Å². The normalized spacial score (nSPS) is 14.5. The molecule has 0 amide bonds. The molecule has 1 rings (SSSR count). The van der Waals surface area contributed by atoms with Crippen LogP contribution in [0, 0.1) is 0 Å². The molecule has 0 aliphatic rings. The summed E-state index contributed by atoms with van der Waals surface area (Å²) in [6, 6.07) is 0.227. The minimum atomic E-state index is 0.227. The Morgan fingerprint density at radius 2 is 2.21 bits per heavy atom. The van der Waals surface area contributed by atoms with E-state index in [1.54, 1.807) is 7.11 Å². The smallest absolute Gasteiger partial charge is 0.228 e. The number of likely N-dealkylation sites (N-methyl/N-ethyl adjacent to an activating group) is 1. The molecule has 19 heavy (non-hydrogen) atoms. The van der Waals surface area contributed by atoms with E-state index in [2.05, 4.69) is 36.2 Å². The van der Waals surface area contributed by atoms with Gasteiger partial charge in [-0.2, -0.15) is 16.7 Å². The summed E-state index contributed by atoms with van der Waals surface area (Å²) in [6.07, 6.45) is 1.87. The van der Waals surface area contributed by atoms with Crippen molar-refractivity contribution in [2.24, 2.45) is 0 Å². The van der Waals surface area contributed by atoms with Gasteiger partial charge in [0.15, 0.2) is 5.82 Å². The second-order valence-corrected chi connectivity index (χ2v) is 5.98. The molecule has 0 aromatic carbocycles. The van der Waals surface area contributed by atoms with Gasteiger partial charge in [0.05, 0.1) is 12.4 Å². The molecule has 0 fully saturated rings. The Hall–Kier alpha value is -0.590. The predicted octanol–water partition coefficient (Wildman–Crippen LogP) is 2.27. The molecule has 0 aliphatic heterocycles. The van der Waals surface area contributed by atoms with Crippen molar-refractivity contribution in [2.75, 3.05) is 20.3 Å². The minimum Gasteiger partial charge on any atom is -0.383 e. The number of aromatic nitrogens is 2. The van der Waals surface area contributed by atoms with Crippen LogP contribution in [-0.4, -0.2) is 41.7 Å². The van der Waals surface area contributed by atoms with Gasteiger partial charge in [-0.15, -0.1) is 0 Å². The first-order chi connectivity index (χ1) is 9.19. The van der Waals surface area contributed by atoms with Gasteiger partial charge < -0.3 is 14.6 Å². The zero-order valence-electron chi connectivity index (χ0n) is 12.3. The highest BCUT2D eigenvalue weighted by Gasteiger charge is 2.14. The third-order valence-corrected chi connectivity index (χ3v) is 4.19. The van der Waals surface area contributed by atoms with Crippen LogP contribution in [0.5, 0.6) is 0 Å². The van der Waals surface area contributed by atoms with E-state index < -0.39 is 0 Å². The highest BCUT2D eigenvalue weighted by Crippen LogP contribution is 2.18. The fourth-order valence-corrected chi connectivity index (χ4v) is 2.44. The number of rotatable bonds is 10. The topological polar surface area (TPSA) is 60.2 Å². The molecule has 0 saturated carbocycles. The number of methoxy groups -OCH3 is 1. The number of nitrogens with zero attached hydrogens (tertiary/aromatic N) is 2. The van der Waals surface area contributed by atoms with Gasteiger partial charge >= 0.3 is 0 Å². The average molecular weight is 287 g/mol. The summed E-state index contributed by atoms with van der Waals surface area (Å²) in [6.45, 7) is 8.02. The highest BCUT2D eigenvalue weighted by atomic mass is 32.2. The Balaban J connectivity index is 2.44. The van der Waals surface area contributed by atoms with Gasteiger partial charge in [0.1, 0.15) is 0 Å². The van der Waals surface area contributed by atoms with Crippen LogP contribution in [-0.2, 0) is 16.9 Å². The van der Waals surface area contributed by atoms with E-state index in [-0.39, 0.29) is 6.04 Å². The Morgan fingerprint density at radius 3 is 2.84 bits per heavy atom. The quantitative estimate of drug-likeness (QED) is 0.712. The highest BCUT2D eigenvalue weighted by molar-refractivity contribution is 7.99. The molecule has 110 valence electrons. The zero-order chi connectivity index (χ0) is 14.1. The van der Waals surface area contributed by atoms with Gasteiger partial charge in [0.2, 0.25) is 5.89 Å². The maximum atomic E-state index is 5.28. The lowest BCUT2D eigenvalue weighted by Gasteiger charge is -2.14. The van der Waals surface area contributed by atoms with E-state index in [0.29, 0.717) is 24.2 Å². The van der Waals surface area contributed by atoms with Crippen molar-refractivity contribution in [3.63, 3.8) is 0 Å². The summed E-state index contributed by atoms with van der Waals surface area (Å²) < 4.78 is 10.5. The molecule has 0 aliphatic carbocycles. The summed E-state index contributed by atoms with van der Waals surface area (Å²) in [7, 11) is 1.70. The summed E-state index contributed by atoms with van der Waals surface area (Å²) in [4.78, 5) is 4.43. The van der Waals surface area contributed by atoms with Crippen molar-refractivity contribution in [2.45, 2.75) is 50.7 Å². The molecule has 0 saturated heterocycles. The number of nitrogens with one attached hydrogen (secondary N) is 1. The van der Waals surface area contributed by atoms with Gasteiger partial charge in [-0.05, 0) is 13.0 Å². The average Bonchev–Trinajstić information content (AvgIpc) is 2.84. The molecule has 2 unspecified atom stereocenters. The number of hydrogen-bond acceptors (Lipinski definition) is 6. The summed E-state index contributed by atoms with van der Waals surface area (Å²) in [5.41, 5.74) is 0. The van der Waals surface area contributed by atoms with E-state index in [9.17, 15) is 0 Å². The summed E-state index contributed by atoms with van der Waals surface area (Å²) in [5.74, 6) is 2.28. The monoisotopic (exact) mass is 287 g/mol. The van der Waals surface area contributed by atoms with E-state index >= 15 is 0 Å². The second-order valence-electron chi connectivity index (χ2n) is 4.55. The standard InChI is InChI=1S/C13H25N3O2S/c1-5-10(3)19-9-12-15-13(18-16-12)7-11(8-17-4)14-6-2/h10-11,14H,5-9H2,1-4H3. The van der Waals surface area contributed by atoms with Crippen LogP contribution < -0.4 is 5.32 Å². The summed E-state index contributed by atoms with van der Waals surface area (Å²) in [5, 5.41) is 7.99. The van der Waals surface area contributed by atoms with Gasteiger partial charge in [-0.3, -0.25) is 0 Å². The van der Waals surface area contributed by atoms with Gasteiger partial charge in [0, 0.05) is 24.8 Å². The maximum Gasteiger partial charge on any atom is 0.228 e. The fraction of sp³-hybridized carbons (Fsp3) is 0.846. The Bertz CT molecular complexity index is 340. The molecular formula is C13H25N3O2S. The lowest BCUT2D eigenvalue weighted by Crippen LogP contribution is -2.35. The van der Waals surface area contributed by atoms with Crippen LogP contribution in [0.4, 0.5) is 0 Å². The third kappa shape index (κ3) is 6.40. The number of thioether (sulfide) groups is 1. The molecule has 1 aromatic heterocycles. The Morgan fingerprint density at radius 1 is 1.42 bits per heavy atom. The number of hydrogen-bond donors (Lipinski definition) is 1. The van der Waals surface area contributed by atoms with Gasteiger partial charge in [-0.25, -0.2) is 0 Å². The van der Waals surface area contributed by atoms with Crippen LogP contribution in [0.15, 0.2) is 4.52 Å².